The lowest BCUT2D eigenvalue weighted by atomic mass is 10.2. The fourth-order valence-corrected chi connectivity index (χ4v) is 3.29. The van der Waals surface area contributed by atoms with E-state index in [1.807, 2.05) is 12.1 Å². The van der Waals surface area contributed by atoms with Gasteiger partial charge in [-0.15, -0.1) is 11.8 Å². The molecular weight excluding hydrogens is 294 g/mol. The number of benzene rings is 1. The fraction of sp³-hybridized carbons (Fsp3) is 0.0769. The molecule has 3 aromatic rings. The normalized spacial score (nSPS) is 13.2. The number of nitrogens with one attached hydrogen (secondary N) is 3. The van der Waals surface area contributed by atoms with Gasteiger partial charge in [0.2, 0.25) is 0 Å². The van der Waals surface area contributed by atoms with Gasteiger partial charge in [-0.05, 0) is 24.3 Å². The number of thioether (sulfide) groups is 1. The lowest BCUT2D eigenvalue weighted by molar-refractivity contribution is 1.20. The summed E-state index contributed by atoms with van der Waals surface area (Å²) in [6.07, 6.45) is 1.52. The van der Waals surface area contributed by atoms with E-state index >= 15 is 0 Å². The largest absolute Gasteiger partial charge is 0.375 e. The van der Waals surface area contributed by atoms with Gasteiger partial charge in [-0.2, -0.15) is 0 Å². The minimum absolute atomic E-state index is 0.553. The maximum Gasteiger partial charge on any atom is 0.144 e. The van der Waals surface area contributed by atoms with Crippen LogP contribution in [0.15, 0.2) is 35.5 Å². The Balaban J connectivity index is 1.74. The molecule has 3 N–H and O–H groups in total. The van der Waals surface area contributed by atoms with Gasteiger partial charge in [-0.3, -0.25) is 0 Å². The lowest BCUT2D eigenvalue weighted by Crippen LogP contribution is -1.95. The van der Waals surface area contributed by atoms with E-state index in [0.717, 1.165) is 28.4 Å². The third kappa shape index (κ3) is 1.97. The molecule has 0 radical (unpaired) electrons. The first kappa shape index (κ1) is 11.9. The van der Waals surface area contributed by atoms with Crippen molar-refractivity contribution in [1.29, 1.82) is 0 Å². The zero-order valence-corrected chi connectivity index (χ0v) is 11.8. The van der Waals surface area contributed by atoms with Crippen molar-refractivity contribution in [1.82, 2.24) is 15.0 Å². The van der Waals surface area contributed by atoms with Gasteiger partial charge in [0.25, 0.3) is 0 Å². The van der Waals surface area contributed by atoms with Crippen LogP contribution < -0.4 is 10.6 Å². The number of nitrogens with zero attached hydrogens (tertiary/aromatic N) is 2. The summed E-state index contributed by atoms with van der Waals surface area (Å²) >= 11 is 7.76. The van der Waals surface area contributed by atoms with Crippen molar-refractivity contribution < 1.29 is 0 Å². The van der Waals surface area contributed by atoms with Gasteiger partial charge in [0.1, 0.15) is 22.9 Å². The molecule has 7 heteroatoms. The highest BCUT2D eigenvalue weighted by molar-refractivity contribution is 7.99. The Bertz CT molecular complexity index is 801. The molecule has 0 fully saturated rings. The number of hydrogen-bond donors (Lipinski definition) is 3. The average molecular weight is 304 g/mol. The van der Waals surface area contributed by atoms with Crippen LogP contribution in [-0.4, -0.2) is 20.8 Å². The van der Waals surface area contributed by atoms with Crippen LogP contribution in [0.5, 0.6) is 0 Å². The monoisotopic (exact) mass is 303 g/mol. The fourth-order valence-electron chi connectivity index (χ4n) is 2.20. The summed E-state index contributed by atoms with van der Waals surface area (Å²) < 4.78 is 0. The van der Waals surface area contributed by atoms with Crippen LogP contribution in [0, 0.1) is 0 Å². The molecule has 3 heterocycles. The Morgan fingerprint density at radius 3 is 3.15 bits per heavy atom. The quantitative estimate of drug-likeness (QED) is 0.671. The molecule has 1 aliphatic rings. The van der Waals surface area contributed by atoms with E-state index in [2.05, 4.69) is 37.7 Å². The summed E-state index contributed by atoms with van der Waals surface area (Å²) in [6.45, 7) is 0. The SMILES string of the molecule is Clc1cc2c(Nc3ccc4c(c3)SCN4)ncnc2[nH]1. The van der Waals surface area contributed by atoms with E-state index in [1.165, 1.54) is 16.9 Å². The van der Waals surface area contributed by atoms with Gasteiger partial charge in [0, 0.05) is 16.3 Å². The molecule has 0 spiro atoms. The van der Waals surface area contributed by atoms with Crippen molar-refractivity contribution in [3.05, 3.63) is 35.7 Å². The molecule has 0 bridgehead atoms. The Labute approximate surface area is 124 Å². The molecule has 1 aliphatic heterocycles. The molecule has 0 unspecified atom stereocenters. The molecule has 0 saturated carbocycles. The highest BCUT2D eigenvalue weighted by Crippen LogP contribution is 2.36. The second-order valence-electron chi connectivity index (χ2n) is 4.40. The van der Waals surface area contributed by atoms with Crippen molar-refractivity contribution >= 4 is 51.6 Å². The highest BCUT2D eigenvalue weighted by atomic mass is 35.5. The van der Waals surface area contributed by atoms with Crippen molar-refractivity contribution in [3.8, 4) is 0 Å². The van der Waals surface area contributed by atoms with Gasteiger partial charge < -0.3 is 15.6 Å². The molecule has 2 aromatic heterocycles. The third-order valence-electron chi connectivity index (χ3n) is 3.13. The molecule has 0 aliphatic carbocycles. The van der Waals surface area contributed by atoms with Crippen molar-refractivity contribution in [2.24, 2.45) is 0 Å². The van der Waals surface area contributed by atoms with Crippen LogP contribution in [-0.2, 0) is 0 Å². The minimum Gasteiger partial charge on any atom is -0.375 e. The predicted molar refractivity (Wildman–Crippen MR) is 83.0 cm³/mol. The number of rotatable bonds is 2. The number of aromatic amines is 1. The molecule has 1 aromatic carbocycles. The van der Waals surface area contributed by atoms with E-state index in [4.69, 9.17) is 11.6 Å². The van der Waals surface area contributed by atoms with E-state index in [-0.39, 0.29) is 0 Å². The lowest BCUT2D eigenvalue weighted by Gasteiger charge is -2.07. The summed E-state index contributed by atoms with van der Waals surface area (Å²) in [6, 6.07) is 8.03. The summed E-state index contributed by atoms with van der Waals surface area (Å²) in [7, 11) is 0. The number of aromatic nitrogens is 3. The van der Waals surface area contributed by atoms with E-state index < -0.39 is 0 Å². The van der Waals surface area contributed by atoms with Gasteiger partial charge in [0.15, 0.2) is 0 Å². The first-order valence-electron chi connectivity index (χ1n) is 6.06. The molecule has 5 nitrogen and oxygen atoms in total. The smallest absolute Gasteiger partial charge is 0.144 e. The average Bonchev–Trinajstić information content (AvgIpc) is 3.04. The van der Waals surface area contributed by atoms with Crippen LogP contribution in [0.3, 0.4) is 0 Å². The number of hydrogen-bond acceptors (Lipinski definition) is 5. The van der Waals surface area contributed by atoms with Crippen molar-refractivity contribution in [2.45, 2.75) is 4.90 Å². The summed E-state index contributed by atoms with van der Waals surface area (Å²) in [5, 5.41) is 8.06. The Morgan fingerprint density at radius 2 is 2.20 bits per heavy atom. The Kier molecular flexibility index (Phi) is 2.71. The first-order valence-corrected chi connectivity index (χ1v) is 7.43. The first-order chi connectivity index (χ1) is 9.79. The molecular formula is C13H10ClN5S. The third-order valence-corrected chi connectivity index (χ3v) is 4.27. The number of halogens is 1. The van der Waals surface area contributed by atoms with Crippen LogP contribution in [0.2, 0.25) is 5.15 Å². The number of H-pyrrole nitrogens is 1. The van der Waals surface area contributed by atoms with Crippen LogP contribution in [0.25, 0.3) is 11.0 Å². The molecule has 0 atom stereocenters. The summed E-state index contributed by atoms with van der Waals surface area (Å²) in [5.41, 5.74) is 2.90. The van der Waals surface area contributed by atoms with E-state index in [9.17, 15) is 0 Å². The Morgan fingerprint density at radius 1 is 1.25 bits per heavy atom. The van der Waals surface area contributed by atoms with E-state index in [1.54, 1.807) is 11.8 Å². The summed E-state index contributed by atoms with van der Waals surface area (Å²) in [5.74, 6) is 1.67. The predicted octanol–water partition coefficient (Wildman–Crippen LogP) is 3.83. The van der Waals surface area contributed by atoms with Crippen molar-refractivity contribution in [3.63, 3.8) is 0 Å². The van der Waals surface area contributed by atoms with Crippen LogP contribution in [0.4, 0.5) is 17.2 Å². The van der Waals surface area contributed by atoms with Crippen LogP contribution in [0.1, 0.15) is 0 Å². The molecule has 100 valence electrons. The van der Waals surface area contributed by atoms with Crippen molar-refractivity contribution in [2.75, 3.05) is 16.5 Å². The Hall–Kier alpha value is -1.92. The number of fused-ring (bicyclic) bond motifs is 2. The highest BCUT2D eigenvalue weighted by Gasteiger charge is 2.12. The summed E-state index contributed by atoms with van der Waals surface area (Å²) in [4.78, 5) is 12.7. The molecule has 4 rings (SSSR count). The maximum absolute atomic E-state index is 5.97. The zero-order chi connectivity index (χ0) is 13.5. The second kappa shape index (κ2) is 4.57. The van der Waals surface area contributed by atoms with Gasteiger partial charge >= 0.3 is 0 Å². The molecule has 20 heavy (non-hydrogen) atoms. The van der Waals surface area contributed by atoms with Gasteiger partial charge in [-0.1, -0.05) is 11.6 Å². The van der Waals surface area contributed by atoms with E-state index in [0.29, 0.717) is 5.15 Å². The standard InChI is InChI=1S/C13H10ClN5S/c14-11-4-8-12(15-5-16-13(8)19-11)18-7-1-2-9-10(3-7)20-6-17-9/h1-5,17H,6H2,(H2,15,16,18,19). The topological polar surface area (TPSA) is 65.6 Å². The van der Waals surface area contributed by atoms with Crippen LogP contribution >= 0.6 is 23.4 Å². The molecule has 0 saturated heterocycles. The minimum atomic E-state index is 0.553. The second-order valence-corrected chi connectivity index (χ2v) is 5.83. The molecule has 0 amide bonds. The zero-order valence-electron chi connectivity index (χ0n) is 10.3. The van der Waals surface area contributed by atoms with Gasteiger partial charge in [-0.25, -0.2) is 9.97 Å². The number of anilines is 3. The maximum atomic E-state index is 5.97. The van der Waals surface area contributed by atoms with Gasteiger partial charge in [0.05, 0.1) is 11.3 Å².